The topological polar surface area (TPSA) is 40.1 Å². The molecule has 0 aliphatic heterocycles. The van der Waals surface area contributed by atoms with Crippen molar-refractivity contribution in [1.29, 1.82) is 0 Å². The highest BCUT2D eigenvalue weighted by Gasteiger charge is 2.09. The molecule has 0 spiro atoms. The van der Waals surface area contributed by atoms with Crippen molar-refractivity contribution in [3.63, 3.8) is 0 Å². The van der Waals surface area contributed by atoms with Crippen molar-refractivity contribution in [3.8, 4) is 0 Å². The number of hydrogen-bond acceptors (Lipinski definition) is 2. The lowest BCUT2D eigenvalue weighted by molar-refractivity contribution is -0.308. The number of carbonyl (C=O) groups is 1. The smallest absolute Gasteiger partial charge is 0.0489 e. The average Bonchev–Trinajstić information content (AvgIpc) is 2.19. The fourth-order valence-corrected chi connectivity index (χ4v) is 1.40. The fraction of sp³-hybridized carbons (Fsp3) is 0.250. The summed E-state index contributed by atoms with van der Waals surface area (Å²) >= 11 is 0. The molecule has 0 aliphatic carbocycles. The van der Waals surface area contributed by atoms with Gasteiger partial charge in [0.15, 0.2) is 0 Å². The maximum Gasteiger partial charge on any atom is 0.0489 e. The van der Waals surface area contributed by atoms with Crippen LogP contribution in [0.1, 0.15) is 30.4 Å². The van der Waals surface area contributed by atoms with Crippen molar-refractivity contribution in [2.75, 3.05) is 0 Å². The van der Waals surface area contributed by atoms with E-state index in [0.717, 1.165) is 11.1 Å². The number of rotatable bonds is 4. The van der Waals surface area contributed by atoms with E-state index in [-0.39, 0.29) is 0 Å². The molecule has 2 nitrogen and oxygen atoms in total. The van der Waals surface area contributed by atoms with Crippen LogP contribution in [0.5, 0.6) is 0 Å². The van der Waals surface area contributed by atoms with Crippen molar-refractivity contribution < 1.29 is 9.90 Å². The quantitative estimate of drug-likeness (QED) is 0.721. The van der Waals surface area contributed by atoms with Crippen LogP contribution in [0, 0.1) is 0 Å². The zero-order valence-corrected chi connectivity index (χ0v) is 8.19. The lowest BCUT2D eigenvalue weighted by Crippen LogP contribution is -2.29. The molecule has 74 valence electrons. The van der Waals surface area contributed by atoms with Gasteiger partial charge in [-0.1, -0.05) is 43.8 Å². The van der Waals surface area contributed by atoms with Gasteiger partial charge >= 0.3 is 0 Å². The van der Waals surface area contributed by atoms with Gasteiger partial charge in [-0.25, -0.2) is 0 Å². The first-order valence-corrected chi connectivity index (χ1v) is 4.62. The first kappa shape index (κ1) is 10.5. The minimum absolute atomic E-state index is 0.506. The van der Waals surface area contributed by atoms with Crippen LogP contribution in [0.2, 0.25) is 0 Å². The molecule has 0 aliphatic rings. The Bertz CT molecular complexity index is 325. The molecule has 1 rings (SSSR count). The molecule has 0 heterocycles. The van der Waals surface area contributed by atoms with Crippen LogP contribution in [0.4, 0.5) is 0 Å². The van der Waals surface area contributed by atoms with E-state index in [4.69, 9.17) is 0 Å². The van der Waals surface area contributed by atoms with Crippen LogP contribution in [-0.2, 0) is 4.79 Å². The number of hydrogen-bond donors (Lipinski definition) is 0. The van der Waals surface area contributed by atoms with Gasteiger partial charge in [0.25, 0.3) is 0 Å². The van der Waals surface area contributed by atoms with Gasteiger partial charge in [0.05, 0.1) is 0 Å². The summed E-state index contributed by atoms with van der Waals surface area (Å²) in [5, 5.41) is 10.8. The van der Waals surface area contributed by atoms with E-state index in [1.165, 1.54) is 0 Å². The normalized spacial score (nSPS) is 12.1. The van der Waals surface area contributed by atoms with Crippen molar-refractivity contribution in [2.24, 2.45) is 0 Å². The van der Waals surface area contributed by atoms with E-state index in [1.54, 1.807) is 18.2 Å². The predicted octanol–water partition coefficient (Wildman–Crippen LogP) is 1.57. The SMILES string of the molecule is C=Cc1ccc(C(CC)C(=O)[O-])cc1. The summed E-state index contributed by atoms with van der Waals surface area (Å²) in [7, 11) is 0. The molecule has 0 bridgehead atoms. The van der Waals surface area contributed by atoms with E-state index in [1.807, 2.05) is 19.1 Å². The molecule has 1 aromatic rings. The summed E-state index contributed by atoms with van der Waals surface area (Å²) in [5.74, 6) is -1.52. The lowest BCUT2D eigenvalue weighted by Gasteiger charge is -2.16. The summed E-state index contributed by atoms with van der Waals surface area (Å²) in [6.45, 7) is 5.47. The number of carboxylic acid groups (broad SMARTS) is 1. The maximum atomic E-state index is 10.8. The monoisotopic (exact) mass is 189 g/mol. The number of carboxylic acids is 1. The molecule has 1 unspecified atom stereocenters. The van der Waals surface area contributed by atoms with Crippen molar-refractivity contribution in [3.05, 3.63) is 42.0 Å². The second-order valence-corrected chi connectivity index (χ2v) is 3.15. The summed E-state index contributed by atoms with van der Waals surface area (Å²) < 4.78 is 0. The van der Waals surface area contributed by atoms with E-state index in [0.29, 0.717) is 6.42 Å². The molecule has 0 amide bonds. The van der Waals surface area contributed by atoms with Gasteiger partial charge in [-0.3, -0.25) is 0 Å². The Morgan fingerprint density at radius 2 is 2.07 bits per heavy atom. The van der Waals surface area contributed by atoms with Gasteiger partial charge in [0.2, 0.25) is 0 Å². The molecule has 0 fully saturated rings. The molecular weight excluding hydrogens is 176 g/mol. The molecule has 1 aromatic carbocycles. The summed E-state index contributed by atoms with van der Waals surface area (Å²) in [6, 6.07) is 7.32. The number of benzene rings is 1. The van der Waals surface area contributed by atoms with E-state index in [9.17, 15) is 9.90 Å². The minimum Gasteiger partial charge on any atom is -0.549 e. The molecule has 14 heavy (non-hydrogen) atoms. The first-order chi connectivity index (χ1) is 6.69. The third-order valence-corrected chi connectivity index (χ3v) is 2.27. The highest BCUT2D eigenvalue weighted by Crippen LogP contribution is 2.19. The Labute approximate surface area is 83.9 Å². The third-order valence-electron chi connectivity index (χ3n) is 2.27. The highest BCUT2D eigenvalue weighted by molar-refractivity contribution is 5.74. The maximum absolute atomic E-state index is 10.8. The average molecular weight is 189 g/mol. The van der Waals surface area contributed by atoms with E-state index < -0.39 is 11.9 Å². The van der Waals surface area contributed by atoms with Gasteiger partial charge in [-0.2, -0.15) is 0 Å². The number of aliphatic carboxylic acids is 1. The second kappa shape index (κ2) is 4.61. The van der Waals surface area contributed by atoms with Gasteiger partial charge in [-0.15, -0.1) is 0 Å². The molecule has 0 saturated carbocycles. The lowest BCUT2D eigenvalue weighted by atomic mass is 9.96. The van der Waals surface area contributed by atoms with Gasteiger partial charge in [-0.05, 0) is 17.5 Å². The van der Waals surface area contributed by atoms with Gasteiger partial charge < -0.3 is 9.90 Å². The van der Waals surface area contributed by atoms with Crippen molar-refractivity contribution in [1.82, 2.24) is 0 Å². The molecule has 0 saturated heterocycles. The second-order valence-electron chi connectivity index (χ2n) is 3.15. The Hall–Kier alpha value is -1.57. The third kappa shape index (κ3) is 2.22. The molecule has 0 N–H and O–H groups in total. The summed E-state index contributed by atoms with van der Waals surface area (Å²) in [4.78, 5) is 10.8. The largest absolute Gasteiger partial charge is 0.549 e. The predicted molar refractivity (Wildman–Crippen MR) is 54.6 cm³/mol. The molecular formula is C12H13O2-. The molecule has 1 atom stereocenters. The summed E-state index contributed by atoms with van der Waals surface area (Å²) in [6.07, 6.45) is 2.28. The molecule has 2 heteroatoms. The van der Waals surface area contributed by atoms with Crippen LogP contribution in [0.3, 0.4) is 0 Å². The standard InChI is InChI=1S/C12H14O2/c1-3-9-5-7-10(8-6-9)11(4-2)12(13)14/h3,5-8,11H,1,4H2,2H3,(H,13,14)/p-1. The van der Waals surface area contributed by atoms with Crippen molar-refractivity contribution >= 4 is 12.0 Å². The van der Waals surface area contributed by atoms with Crippen LogP contribution >= 0.6 is 0 Å². The zero-order valence-electron chi connectivity index (χ0n) is 8.19. The Kier molecular flexibility index (Phi) is 3.46. The van der Waals surface area contributed by atoms with E-state index >= 15 is 0 Å². The Balaban J connectivity index is 2.94. The fourth-order valence-electron chi connectivity index (χ4n) is 1.40. The molecule has 0 aromatic heterocycles. The van der Waals surface area contributed by atoms with E-state index in [2.05, 4.69) is 6.58 Å². The van der Waals surface area contributed by atoms with Gasteiger partial charge in [0, 0.05) is 11.9 Å². The first-order valence-electron chi connectivity index (χ1n) is 4.62. The Morgan fingerprint density at radius 3 is 2.43 bits per heavy atom. The molecule has 0 radical (unpaired) electrons. The van der Waals surface area contributed by atoms with Crippen LogP contribution < -0.4 is 5.11 Å². The van der Waals surface area contributed by atoms with Crippen LogP contribution in [0.15, 0.2) is 30.8 Å². The summed E-state index contributed by atoms with van der Waals surface area (Å²) in [5.41, 5.74) is 1.78. The zero-order chi connectivity index (χ0) is 10.6. The number of carbonyl (C=O) groups excluding carboxylic acids is 1. The minimum atomic E-state index is -1.01. The highest BCUT2D eigenvalue weighted by atomic mass is 16.4. The van der Waals surface area contributed by atoms with Crippen molar-refractivity contribution in [2.45, 2.75) is 19.3 Å². The van der Waals surface area contributed by atoms with Gasteiger partial charge in [0.1, 0.15) is 0 Å². The Morgan fingerprint density at radius 1 is 1.50 bits per heavy atom. The van der Waals surface area contributed by atoms with Crippen LogP contribution in [-0.4, -0.2) is 5.97 Å². The van der Waals surface area contributed by atoms with Crippen LogP contribution in [0.25, 0.3) is 6.08 Å².